The summed E-state index contributed by atoms with van der Waals surface area (Å²) < 4.78 is 26.5. The maximum absolute atomic E-state index is 10.9. The first-order chi connectivity index (χ1) is 5.52. The number of ether oxygens (including phenoxy) is 1. The molecule has 0 rings (SSSR count). The van der Waals surface area contributed by atoms with Gasteiger partial charge in [-0.15, -0.1) is 6.58 Å². The largest absolute Gasteiger partial charge is 0.383 e. The van der Waals surface area contributed by atoms with Crippen LogP contribution in [-0.2, 0) is 14.8 Å². The topological polar surface area (TPSA) is 69.4 Å². The highest BCUT2D eigenvalue weighted by molar-refractivity contribution is 7.89. The number of sulfonamides is 1. The molecule has 0 aromatic rings. The molecule has 1 atom stereocenters. The van der Waals surface area contributed by atoms with Crippen molar-refractivity contribution in [2.24, 2.45) is 5.14 Å². The van der Waals surface area contributed by atoms with Crippen LogP contribution in [0.3, 0.4) is 0 Å². The maximum atomic E-state index is 10.9. The normalized spacial score (nSPS) is 14.2. The summed E-state index contributed by atoms with van der Waals surface area (Å²) in [5, 5.41) is 4.35. The van der Waals surface area contributed by atoms with Gasteiger partial charge in [0.15, 0.2) is 0 Å². The van der Waals surface area contributed by atoms with Crippen LogP contribution < -0.4 is 5.14 Å². The molecule has 2 N–H and O–H groups in total. The highest BCUT2D eigenvalue weighted by Gasteiger charge is 2.19. The van der Waals surface area contributed by atoms with Crippen molar-refractivity contribution in [1.82, 2.24) is 0 Å². The summed E-state index contributed by atoms with van der Waals surface area (Å²) in [6, 6.07) is 0. The molecule has 4 nitrogen and oxygen atoms in total. The molecular weight excluding hydrogens is 178 g/mol. The standard InChI is InChI=1S/C7H15NO3S/c1-3-4-5-7(6-11-2)12(8,9)10/h3,7H,1,4-6H2,2H3,(H2,8,9,10)/t7-/m1/s1. The fourth-order valence-electron chi connectivity index (χ4n) is 0.832. The SMILES string of the molecule is C=CCC[C@H](COC)S(N)(=O)=O. The van der Waals surface area contributed by atoms with Gasteiger partial charge in [-0.25, -0.2) is 13.6 Å². The van der Waals surface area contributed by atoms with E-state index in [1.165, 1.54) is 7.11 Å². The maximum Gasteiger partial charge on any atom is 0.214 e. The lowest BCUT2D eigenvalue weighted by molar-refractivity contribution is 0.194. The van der Waals surface area contributed by atoms with Gasteiger partial charge in [-0.2, -0.15) is 0 Å². The van der Waals surface area contributed by atoms with E-state index in [1.54, 1.807) is 6.08 Å². The first kappa shape index (κ1) is 11.6. The van der Waals surface area contributed by atoms with Crippen LogP contribution in [0.5, 0.6) is 0 Å². The van der Waals surface area contributed by atoms with Crippen LogP contribution in [0.25, 0.3) is 0 Å². The predicted octanol–water partition coefficient (Wildman–Crippen LogP) is 0.256. The van der Waals surface area contributed by atoms with Crippen molar-refractivity contribution < 1.29 is 13.2 Å². The molecule has 0 aliphatic heterocycles. The van der Waals surface area contributed by atoms with Crippen molar-refractivity contribution >= 4 is 10.0 Å². The molecule has 5 heteroatoms. The number of methoxy groups -OCH3 is 1. The number of rotatable bonds is 6. The fourth-order valence-corrected chi connectivity index (χ4v) is 1.62. The van der Waals surface area contributed by atoms with E-state index in [1.807, 2.05) is 0 Å². The molecule has 0 radical (unpaired) electrons. The molecule has 0 aromatic heterocycles. The smallest absolute Gasteiger partial charge is 0.214 e. The zero-order valence-electron chi connectivity index (χ0n) is 7.19. The van der Waals surface area contributed by atoms with E-state index in [4.69, 9.17) is 9.88 Å². The van der Waals surface area contributed by atoms with E-state index in [0.29, 0.717) is 12.8 Å². The summed E-state index contributed by atoms with van der Waals surface area (Å²) in [6.07, 6.45) is 2.76. The Labute approximate surface area is 73.5 Å². The van der Waals surface area contributed by atoms with Crippen molar-refractivity contribution in [2.45, 2.75) is 18.1 Å². The Morgan fingerprint density at radius 2 is 2.25 bits per heavy atom. The summed E-state index contributed by atoms with van der Waals surface area (Å²) in [6.45, 7) is 3.64. The van der Waals surface area contributed by atoms with Gasteiger partial charge in [0, 0.05) is 7.11 Å². The Kier molecular flexibility index (Phi) is 5.12. The van der Waals surface area contributed by atoms with E-state index in [-0.39, 0.29) is 6.61 Å². The van der Waals surface area contributed by atoms with Gasteiger partial charge in [0.25, 0.3) is 0 Å². The van der Waals surface area contributed by atoms with Gasteiger partial charge in [0.05, 0.1) is 11.9 Å². The lowest BCUT2D eigenvalue weighted by Gasteiger charge is -2.11. The van der Waals surface area contributed by atoms with Crippen LogP contribution in [0.2, 0.25) is 0 Å². The molecule has 0 fully saturated rings. The average molecular weight is 193 g/mol. The zero-order chi connectivity index (χ0) is 9.61. The van der Waals surface area contributed by atoms with Crippen molar-refractivity contribution in [3.8, 4) is 0 Å². The minimum atomic E-state index is -3.47. The van der Waals surface area contributed by atoms with Crippen molar-refractivity contribution in [3.05, 3.63) is 12.7 Å². The highest BCUT2D eigenvalue weighted by Crippen LogP contribution is 2.05. The van der Waals surface area contributed by atoms with Crippen molar-refractivity contribution in [2.75, 3.05) is 13.7 Å². The Morgan fingerprint density at radius 3 is 2.58 bits per heavy atom. The average Bonchev–Trinajstić information content (AvgIpc) is 1.95. The zero-order valence-corrected chi connectivity index (χ0v) is 8.01. The summed E-state index contributed by atoms with van der Waals surface area (Å²) >= 11 is 0. The molecule has 0 aliphatic carbocycles. The molecule has 0 unspecified atom stereocenters. The van der Waals surface area contributed by atoms with E-state index in [9.17, 15) is 8.42 Å². The molecule has 0 bridgehead atoms. The molecule has 0 saturated heterocycles. The highest BCUT2D eigenvalue weighted by atomic mass is 32.2. The second-order valence-electron chi connectivity index (χ2n) is 2.53. The molecular formula is C7H15NO3S. The number of nitrogens with two attached hydrogens (primary N) is 1. The van der Waals surface area contributed by atoms with Gasteiger partial charge >= 0.3 is 0 Å². The van der Waals surface area contributed by atoms with Crippen molar-refractivity contribution in [3.63, 3.8) is 0 Å². The Balaban J connectivity index is 4.13. The van der Waals surface area contributed by atoms with Gasteiger partial charge in [0.1, 0.15) is 0 Å². The van der Waals surface area contributed by atoms with Crippen LogP contribution in [0.4, 0.5) is 0 Å². The summed E-state index contributed by atoms with van der Waals surface area (Å²) in [5.74, 6) is 0. The molecule has 12 heavy (non-hydrogen) atoms. The summed E-state index contributed by atoms with van der Waals surface area (Å²) in [7, 11) is -2.02. The lowest BCUT2D eigenvalue weighted by atomic mass is 10.2. The van der Waals surface area contributed by atoms with Gasteiger partial charge in [0.2, 0.25) is 10.0 Å². The number of primary sulfonamides is 1. The van der Waals surface area contributed by atoms with Crippen LogP contribution in [0.1, 0.15) is 12.8 Å². The molecule has 0 aromatic carbocycles. The molecule has 0 saturated carbocycles. The Bertz CT molecular complexity index is 223. The fraction of sp³-hybridized carbons (Fsp3) is 0.714. The first-order valence-corrected chi connectivity index (χ1v) is 5.24. The molecule has 72 valence electrons. The third-order valence-electron chi connectivity index (χ3n) is 1.51. The Hall–Kier alpha value is -0.390. The molecule has 0 aliphatic rings. The van der Waals surface area contributed by atoms with E-state index < -0.39 is 15.3 Å². The monoisotopic (exact) mass is 193 g/mol. The number of hydrogen-bond acceptors (Lipinski definition) is 3. The van der Waals surface area contributed by atoms with Crippen LogP contribution >= 0.6 is 0 Å². The lowest BCUT2D eigenvalue weighted by Crippen LogP contribution is -2.32. The van der Waals surface area contributed by atoms with Gasteiger partial charge in [-0.3, -0.25) is 0 Å². The van der Waals surface area contributed by atoms with Crippen LogP contribution in [0, 0.1) is 0 Å². The van der Waals surface area contributed by atoms with E-state index in [0.717, 1.165) is 0 Å². The van der Waals surface area contributed by atoms with Gasteiger partial charge in [-0.1, -0.05) is 6.08 Å². The molecule has 0 heterocycles. The second kappa shape index (κ2) is 5.29. The quantitative estimate of drug-likeness (QED) is 0.615. The number of hydrogen-bond donors (Lipinski definition) is 1. The predicted molar refractivity (Wildman–Crippen MR) is 48.2 cm³/mol. The third-order valence-corrected chi connectivity index (χ3v) is 2.81. The van der Waals surface area contributed by atoms with Crippen molar-refractivity contribution in [1.29, 1.82) is 0 Å². The number of allylic oxidation sites excluding steroid dienone is 1. The minimum absolute atomic E-state index is 0.146. The first-order valence-electron chi connectivity index (χ1n) is 3.63. The minimum Gasteiger partial charge on any atom is -0.383 e. The van der Waals surface area contributed by atoms with E-state index >= 15 is 0 Å². The van der Waals surface area contributed by atoms with Gasteiger partial charge < -0.3 is 4.74 Å². The molecule has 0 amide bonds. The summed E-state index contributed by atoms with van der Waals surface area (Å²) in [4.78, 5) is 0. The second-order valence-corrected chi connectivity index (χ2v) is 4.38. The van der Waals surface area contributed by atoms with E-state index in [2.05, 4.69) is 6.58 Å². The summed E-state index contributed by atoms with van der Waals surface area (Å²) in [5.41, 5.74) is 0. The van der Waals surface area contributed by atoms with Crippen LogP contribution in [-0.4, -0.2) is 27.4 Å². The Morgan fingerprint density at radius 1 is 1.67 bits per heavy atom. The van der Waals surface area contributed by atoms with Gasteiger partial charge in [-0.05, 0) is 12.8 Å². The molecule has 0 spiro atoms. The third kappa shape index (κ3) is 4.48. The van der Waals surface area contributed by atoms with Crippen LogP contribution in [0.15, 0.2) is 12.7 Å².